The maximum absolute atomic E-state index is 12.3. The molecule has 1 heterocycles. The van der Waals surface area contributed by atoms with Crippen molar-refractivity contribution < 1.29 is 13.5 Å². The van der Waals surface area contributed by atoms with Crippen molar-refractivity contribution in [2.45, 2.75) is 4.90 Å². The van der Waals surface area contributed by atoms with E-state index in [-0.39, 0.29) is 5.75 Å². The number of sulfonamides is 1. The number of nitrogens with zero attached hydrogens (tertiary/aromatic N) is 1. The smallest absolute Gasteiger partial charge is 0.264 e. The predicted molar refractivity (Wildman–Crippen MR) is 69.1 cm³/mol. The molecule has 0 aromatic heterocycles. The van der Waals surface area contributed by atoms with Crippen molar-refractivity contribution in [2.24, 2.45) is 0 Å². The van der Waals surface area contributed by atoms with Crippen molar-refractivity contribution in [2.75, 3.05) is 11.4 Å². The van der Waals surface area contributed by atoms with Gasteiger partial charge in [-0.25, -0.2) is 8.42 Å². The number of hydrogen-bond donors (Lipinski definition) is 1. The molecule has 0 aliphatic carbocycles. The lowest BCUT2D eigenvalue weighted by Gasteiger charge is -2.29. The highest BCUT2D eigenvalue weighted by molar-refractivity contribution is 7.93. The van der Waals surface area contributed by atoms with Crippen LogP contribution in [0.1, 0.15) is 0 Å². The second-order valence-corrected chi connectivity index (χ2v) is 6.11. The van der Waals surface area contributed by atoms with E-state index in [1.807, 2.05) is 0 Å². The highest BCUT2D eigenvalue weighted by Gasteiger charge is 2.32. The fourth-order valence-electron chi connectivity index (χ4n) is 2.20. The standard InChI is InChI=1S/C13H11NO3S/c1-14-12-8-9(15)6-7-10(12)11-4-2-3-5-13(11)18(14,16)17/h2-8,15H,1H3. The lowest BCUT2D eigenvalue weighted by Crippen LogP contribution is -2.30. The third-order valence-corrected chi connectivity index (χ3v) is 4.97. The molecule has 0 amide bonds. The number of phenolic OH excluding ortho intramolecular Hbond substituents is 1. The molecule has 2 aromatic carbocycles. The number of hydrogen-bond acceptors (Lipinski definition) is 3. The van der Waals surface area contributed by atoms with E-state index in [0.717, 1.165) is 5.56 Å². The predicted octanol–water partition coefficient (Wildman–Crippen LogP) is 2.20. The summed E-state index contributed by atoms with van der Waals surface area (Å²) in [4.78, 5) is 0.297. The summed E-state index contributed by atoms with van der Waals surface area (Å²) in [7, 11) is -2.04. The minimum absolute atomic E-state index is 0.0511. The zero-order valence-corrected chi connectivity index (χ0v) is 10.5. The van der Waals surface area contributed by atoms with Crippen molar-refractivity contribution in [3.8, 4) is 16.9 Å². The molecule has 3 rings (SSSR count). The maximum atomic E-state index is 12.3. The van der Waals surface area contributed by atoms with Gasteiger partial charge < -0.3 is 5.11 Å². The molecule has 0 radical (unpaired) electrons. The molecule has 92 valence electrons. The van der Waals surface area contributed by atoms with Crippen LogP contribution in [-0.2, 0) is 10.0 Å². The Balaban J connectivity index is 2.44. The van der Waals surface area contributed by atoms with Gasteiger partial charge in [-0.05, 0) is 18.2 Å². The van der Waals surface area contributed by atoms with Crippen molar-refractivity contribution >= 4 is 15.7 Å². The molecule has 1 N–H and O–H groups in total. The Morgan fingerprint density at radius 1 is 1.06 bits per heavy atom. The van der Waals surface area contributed by atoms with Crippen LogP contribution >= 0.6 is 0 Å². The van der Waals surface area contributed by atoms with Gasteiger partial charge in [0.15, 0.2) is 0 Å². The highest BCUT2D eigenvalue weighted by Crippen LogP contribution is 2.43. The first-order valence-corrected chi connectivity index (χ1v) is 6.87. The zero-order valence-electron chi connectivity index (χ0n) is 9.66. The summed E-state index contributed by atoms with van der Waals surface area (Å²) in [5, 5.41) is 9.50. The molecule has 0 bridgehead atoms. The zero-order chi connectivity index (χ0) is 12.9. The normalized spacial score (nSPS) is 15.9. The van der Waals surface area contributed by atoms with Crippen LogP contribution in [0.15, 0.2) is 47.4 Å². The van der Waals surface area contributed by atoms with E-state index in [2.05, 4.69) is 0 Å². The van der Waals surface area contributed by atoms with Gasteiger partial charge in [-0.15, -0.1) is 0 Å². The molecular weight excluding hydrogens is 250 g/mol. The molecule has 1 aliphatic heterocycles. The molecule has 1 aliphatic rings. The Kier molecular flexibility index (Phi) is 2.15. The Labute approximate surface area is 105 Å². The first-order valence-electron chi connectivity index (χ1n) is 5.43. The van der Waals surface area contributed by atoms with E-state index < -0.39 is 10.0 Å². The van der Waals surface area contributed by atoms with Gasteiger partial charge in [0.1, 0.15) is 5.75 Å². The van der Waals surface area contributed by atoms with Crippen LogP contribution in [0.25, 0.3) is 11.1 Å². The van der Waals surface area contributed by atoms with E-state index in [1.54, 1.807) is 36.4 Å². The molecule has 0 saturated carbocycles. The molecule has 5 heteroatoms. The van der Waals surface area contributed by atoms with Crippen LogP contribution in [0.3, 0.4) is 0 Å². The fraction of sp³-hybridized carbons (Fsp3) is 0.0769. The number of anilines is 1. The van der Waals surface area contributed by atoms with E-state index in [4.69, 9.17) is 0 Å². The second kappa shape index (κ2) is 3.49. The number of aromatic hydroxyl groups is 1. The van der Waals surface area contributed by atoms with Gasteiger partial charge in [0.2, 0.25) is 0 Å². The van der Waals surface area contributed by atoms with E-state index in [0.29, 0.717) is 16.1 Å². The Hall–Kier alpha value is -2.01. The van der Waals surface area contributed by atoms with Crippen molar-refractivity contribution in [3.05, 3.63) is 42.5 Å². The maximum Gasteiger partial charge on any atom is 0.264 e. The van der Waals surface area contributed by atoms with Crippen molar-refractivity contribution in [3.63, 3.8) is 0 Å². The average Bonchev–Trinajstić information content (AvgIpc) is 2.36. The Bertz CT molecular complexity index is 738. The van der Waals surface area contributed by atoms with E-state index in [9.17, 15) is 13.5 Å². The molecule has 0 saturated heterocycles. The molecule has 0 spiro atoms. The molecular formula is C13H11NO3S. The lowest BCUT2D eigenvalue weighted by atomic mass is 10.0. The monoisotopic (exact) mass is 261 g/mol. The van der Waals surface area contributed by atoms with Gasteiger partial charge in [-0.2, -0.15) is 0 Å². The Morgan fingerprint density at radius 3 is 2.56 bits per heavy atom. The largest absolute Gasteiger partial charge is 0.508 e. The lowest BCUT2D eigenvalue weighted by molar-refractivity contribution is 0.475. The number of fused-ring (bicyclic) bond motifs is 3. The summed E-state index contributed by atoms with van der Waals surface area (Å²) >= 11 is 0. The van der Waals surface area contributed by atoms with Crippen molar-refractivity contribution in [1.29, 1.82) is 0 Å². The van der Waals surface area contributed by atoms with Crippen LogP contribution in [0, 0.1) is 0 Å². The van der Waals surface area contributed by atoms with Crippen LogP contribution in [0.4, 0.5) is 5.69 Å². The first-order chi connectivity index (χ1) is 8.51. The summed E-state index contributed by atoms with van der Waals surface area (Å²) in [6.07, 6.45) is 0. The molecule has 0 fully saturated rings. The molecule has 0 atom stereocenters. The van der Waals surface area contributed by atoms with E-state index >= 15 is 0 Å². The van der Waals surface area contributed by atoms with Crippen LogP contribution < -0.4 is 4.31 Å². The minimum atomic E-state index is -3.53. The summed E-state index contributed by atoms with van der Waals surface area (Å²) in [5.41, 5.74) is 1.97. The first kappa shape index (κ1) is 11.1. The third kappa shape index (κ3) is 1.34. The Morgan fingerprint density at radius 2 is 1.78 bits per heavy atom. The van der Waals surface area contributed by atoms with Gasteiger partial charge in [0, 0.05) is 24.2 Å². The number of benzene rings is 2. The van der Waals surface area contributed by atoms with E-state index in [1.165, 1.54) is 17.4 Å². The SMILES string of the molecule is CN1c2cc(O)ccc2-c2ccccc2S1(=O)=O. The average molecular weight is 261 g/mol. The summed E-state index contributed by atoms with van der Waals surface area (Å²) in [6, 6.07) is 11.6. The molecule has 2 aromatic rings. The topological polar surface area (TPSA) is 57.6 Å². The minimum Gasteiger partial charge on any atom is -0.508 e. The summed E-state index contributed by atoms with van der Waals surface area (Å²) in [6.45, 7) is 0. The summed E-state index contributed by atoms with van der Waals surface area (Å²) in [5.74, 6) is 0.0511. The van der Waals surface area contributed by atoms with Gasteiger partial charge in [-0.1, -0.05) is 18.2 Å². The van der Waals surface area contributed by atoms with Gasteiger partial charge in [0.25, 0.3) is 10.0 Å². The van der Waals surface area contributed by atoms with Crippen LogP contribution in [-0.4, -0.2) is 20.6 Å². The van der Waals surface area contributed by atoms with Crippen molar-refractivity contribution in [1.82, 2.24) is 0 Å². The quantitative estimate of drug-likeness (QED) is 0.791. The van der Waals surface area contributed by atoms with Gasteiger partial charge in [-0.3, -0.25) is 4.31 Å². The molecule has 4 nitrogen and oxygen atoms in total. The van der Waals surface area contributed by atoms with Gasteiger partial charge >= 0.3 is 0 Å². The van der Waals surface area contributed by atoms with Crippen LogP contribution in [0.2, 0.25) is 0 Å². The molecule has 18 heavy (non-hydrogen) atoms. The van der Waals surface area contributed by atoms with Gasteiger partial charge in [0.05, 0.1) is 10.6 Å². The second-order valence-electron chi connectivity index (χ2n) is 4.17. The van der Waals surface area contributed by atoms with Crippen LogP contribution in [0.5, 0.6) is 5.75 Å². The number of phenols is 1. The fourth-order valence-corrected chi connectivity index (χ4v) is 3.61. The summed E-state index contributed by atoms with van der Waals surface area (Å²) < 4.78 is 25.8. The number of rotatable bonds is 0. The third-order valence-electron chi connectivity index (χ3n) is 3.14. The highest BCUT2D eigenvalue weighted by atomic mass is 32.2. The molecule has 0 unspecified atom stereocenters.